The number of rotatable bonds is 8. The first-order chi connectivity index (χ1) is 11.7. The molecule has 0 aliphatic carbocycles. The predicted molar refractivity (Wildman–Crippen MR) is 110 cm³/mol. The third-order valence-corrected chi connectivity index (χ3v) is 9.93. The third kappa shape index (κ3) is 5.51. The highest BCUT2D eigenvalue weighted by molar-refractivity contribution is 6.74. The van der Waals surface area contributed by atoms with E-state index in [9.17, 15) is 4.79 Å². The minimum Gasteiger partial charge on any atom is -0.417 e. The smallest absolute Gasteiger partial charge is 0.191 e. The topological polar surface area (TPSA) is 26.3 Å². The third-order valence-electron chi connectivity index (χ3n) is 5.39. The van der Waals surface area contributed by atoms with Gasteiger partial charge in [0.1, 0.15) is 0 Å². The largest absolute Gasteiger partial charge is 0.417 e. The second kappa shape index (κ2) is 8.28. The lowest BCUT2D eigenvalue weighted by atomic mass is 10.0. The van der Waals surface area contributed by atoms with Gasteiger partial charge in [0.05, 0.1) is 0 Å². The molecular weight excluding hydrogens is 324 g/mol. The van der Waals surface area contributed by atoms with Gasteiger partial charge in [0.25, 0.3) is 0 Å². The Hall–Kier alpha value is -1.45. The van der Waals surface area contributed by atoms with Crippen LogP contribution in [0.5, 0.6) is 0 Å². The van der Waals surface area contributed by atoms with E-state index in [1.54, 1.807) is 0 Å². The molecule has 2 aromatic carbocycles. The van der Waals surface area contributed by atoms with Crippen molar-refractivity contribution < 1.29 is 9.22 Å². The molecule has 0 atom stereocenters. The van der Waals surface area contributed by atoms with Crippen LogP contribution in [0, 0.1) is 0 Å². The molecule has 0 aromatic heterocycles. The van der Waals surface area contributed by atoms with Crippen molar-refractivity contribution in [3.8, 4) is 0 Å². The van der Waals surface area contributed by atoms with Crippen LogP contribution >= 0.6 is 0 Å². The molecule has 0 N–H and O–H groups in total. The number of ketones is 1. The molecule has 0 saturated carbocycles. The van der Waals surface area contributed by atoms with E-state index in [-0.39, 0.29) is 10.8 Å². The molecule has 136 valence electrons. The first-order valence-electron chi connectivity index (χ1n) is 9.37. The standard InChI is InChI=1S/C22H32O2Si/c1-22(2,3)25(4,5)24-16-10-6-7-13-21(23)20-15-14-18-11-8-9-12-19(18)17-20/h8-9,11-12,14-15,17H,6-7,10,13,16H2,1-5H3. The van der Waals surface area contributed by atoms with Crippen LogP contribution in [0.4, 0.5) is 0 Å². The molecule has 0 saturated heterocycles. The maximum Gasteiger partial charge on any atom is 0.191 e. The lowest BCUT2D eigenvalue weighted by molar-refractivity contribution is 0.0978. The highest BCUT2D eigenvalue weighted by atomic mass is 28.4. The van der Waals surface area contributed by atoms with Crippen molar-refractivity contribution in [1.82, 2.24) is 0 Å². The van der Waals surface area contributed by atoms with Crippen molar-refractivity contribution in [1.29, 1.82) is 0 Å². The summed E-state index contributed by atoms with van der Waals surface area (Å²) >= 11 is 0. The zero-order valence-electron chi connectivity index (χ0n) is 16.4. The zero-order valence-corrected chi connectivity index (χ0v) is 17.4. The zero-order chi connectivity index (χ0) is 18.5. The number of hydrogen-bond donors (Lipinski definition) is 0. The van der Waals surface area contributed by atoms with Gasteiger partial charge >= 0.3 is 0 Å². The molecule has 0 aliphatic heterocycles. The monoisotopic (exact) mass is 356 g/mol. The van der Waals surface area contributed by atoms with E-state index in [0.29, 0.717) is 6.42 Å². The fourth-order valence-corrected chi connectivity index (χ4v) is 3.70. The number of carbonyl (C=O) groups is 1. The normalized spacial score (nSPS) is 12.5. The quantitative estimate of drug-likeness (QED) is 0.302. The van der Waals surface area contributed by atoms with E-state index in [2.05, 4.69) is 46.0 Å². The average Bonchev–Trinajstić information content (AvgIpc) is 2.56. The first kappa shape index (κ1) is 19.9. The van der Waals surface area contributed by atoms with E-state index in [0.717, 1.165) is 36.8 Å². The van der Waals surface area contributed by atoms with Gasteiger partial charge in [0, 0.05) is 18.6 Å². The highest BCUT2D eigenvalue weighted by Gasteiger charge is 2.36. The highest BCUT2D eigenvalue weighted by Crippen LogP contribution is 2.36. The van der Waals surface area contributed by atoms with Crippen molar-refractivity contribution in [3.05, 3.63) is 48.0 Å². The summed E-state index contributed by atoms with van der Waals surface area (Å²) in [6.07, 6.45) is 3.65. The molecule has 0 unspecified atom stereocenters. The van der Waals surface area contributed by atoms with E-state index in [4.69, 9.17) is 4.43 Å². The molecule has 0 fully saturated rings. The maximum absolute atomic E-state index is 12.4. The Kier molecular flexibility index (Phi) is 6.58. The fraction of sp³-hybridized carbons (Fsp3) is 0.500. The van der Waals surface area contributed by atoms with Gasteiger partial charge in [-0.3, -0.25) is 4.79 Å². The molecule has 25 heavy (non-hydrogen) atoms. The summed E-state index contributed by atoms with van der Waals surface area (Å²) in [6.45, 7) is 12.2. The van der Waals surface area contributed by atoms with Crippen molar-refractivity contribution in [2.24, 2.45) is 0 Å². The SMILES string of the molecule is CC(C)(C)[Si](C)(C)OCCCCCC(=O)c1ccc2ccccc2c1. The van der Waals surface area contributed by atoms with Crippen molar-refractivity contribution >= 4 is 24.9 Å². The van der Waals surface area contributed by atoms with Crippen LogP contribution < -0.4 is 0 Å². The van der Waals surface area contributed by atoms with Crippen LogP contribution in [0.2, 0.25) is 18.1 Å². The van der Waals surface area contributed by atoms with Crippen LogP contribution in [0.1, 0.15) is 56.8 Å². The second-order valence-electron chi connectivity index (χ2n) is 8.40. The molecule has 3 heteroatoms. The van der Waals surface area contributed by atoms with Crippen LogP contribution in [0.3, 0.4) is 0 Å². The summed E-state index contributed by atoms with van der Waals surface area (Å²) in [5.41, 5.74) is 0.830. The first-order valence-corrected chi connectivity index (χ1v) is 12.3. The average molecular weight is 357 g/mol. The lowest BCUT2D eigenvalue weighted by Crippen LogP contribution is -2.40. The van der Waals surface area contributed by atoms with Gasteiger partial charge in [-0.15, -0.1) is 0 Å². The number of fused-ring (bicyclic) bond motifs is 1. The minimum atomic E-state index is -1.63. The van der Waals surface area contributed by atoms with Gasteiger partial charge in [-0.05, 0) is 47.8 Å². The van der Waals surface area contributed by atoms with Crippen LogP contribution in [-0.4, -0.2) is 20.7 Å². The Balaban J connectivity index is 1.73. The van der Waals surface area contributed by atoms with Gasteiger partial charge < -0.3 is 4.43 Å². The summed E-state index contributed by atoms with van der Waals surface area (Å²) in [5, 5.41) is 2.58. The summed E-state index contributed by atoms with van der Waals surface area (Å²) in [5.74, 6) is 0.246. The maximum atomic E-state index is 12.4. The number of hydrogen-bond acceptors (Lipinski definition) is 2. The Morgan fingerprint density at radius 1 is 0.960 bits per heavy atom. The van der Waals surface area contributed by atoms with Crippen LogP contribution in [0.25, 0.3) is 10.8 Å². The Morgan fingerprint density at radius 2 is 1.64 bits per heavy atom. The van der Waals surface area contributed by atoms with E-state index in [1.807, 2.05) is 30.3 Å². The number of carbonyl (C=O) groups excluding carboxylic acids is 1. The number of benzene rings is 2. The fourth-order valence-electron chi connectivity index (χ4n) is 2.62. The van der Waals surface area contributed by atoms with E-state index >= 15 is 0 Å². The molecule has 0 heterocycles. The van der Waals surface area contributed by atoms with Gasteiger partial charge in [-0.1, -0.05) is 63.6 Å². The van der Waals surface area contributed by atoms with E-state index < -0.39 is 8.32 Å². The van der Waals surface area contributed by atoms with Crippen LogP contribution in [-0.2, 0) is 4.43 Å². The molecule has 2 nitrogen and oxygen atoms in total. The van der Waals surface area contributed by atoms with Gasteiger partial charge in [-0.25, -0.2) is 0 Å². The Bertz CT molecular complexity index is 713. The lowest BCUT2D eigenvalue weighted by Gasteiger charge is -2.36. The van der Waals surface area contributed by atoms with Crippen molar-refractivity contribution in [2.75, 3.05) is 6.61 Å². The van der Waals surface area contributed by atoms with E-state index in [1.165, 1.54) is 5.39 Å². The van der Waals surface area contributed by atoms with Crippen LogP contribution in [0.15, 0.2) is 42.5 Å². The summed E-state index contributed by atoms with van der Waals surface area (Å²) in [6, 6.07) is 14.2. The Labute approximate surface area is 153 Å². The van der Waals surface area contributed by atoms with Crippen molar-refractivity contribution in [3.63, 3.8) is 0 Å². The molecule has 0 spiro atoms. The van der Waals surface area contributed by atoms with Gasteiger partial charge in [-0.2, -0.15) is 0 Å². The predicted octanol–water partition coefficient (Wildman–Crippen LogP) is 6.60. The summed E-state index contributed by atoms with van der Waals surface area (Å²) in [4.78, 5) is 12.4. The summed E-state index contributed by atoms with van der Waals surface area (Å²) in [7, 11) is -1.63. The van der Waals surface area contributed by atoms with Crippen molar-refractivity contribution in [2.45, 2.75) is 64.6 Å². The second-order valence-corrected chi connectivity index (χ2v) is 13.2. The molecule has 0 amide bonds. The number of Topliss-reactive ketones (excluding diaryl/α,β-unsaturated/α-hetero) is 1. The summed E-state index contributed by atoms with van der Waals surface area (Å²) < 4.78 is 6.19. The molecule has 0 bridgehead atoms. The van der Waals surface area contributed by atoms with Gasteiger partial charge in [0.15, 0.2) is 14.1 Å². The molecule has 2 rings (SSSR count). The minimum absolute atomic E-state index is 0.246. The molecular formula is C22H32O2Si. The molecule has 2 aromatic rings. The molecule has 0 aliphatic rings. The molecule has 0 radical (unpaired) electrons. The Morgan fingerprint density at radius 3 is 2.32 bits per heavy atom. The number of unbranched alkanes of at least 4 members (excludes halogenated alkanes) is 2. The van der Waals surface area contributed by atoms with Gasteiger partial charge in [0.2, 0.25) is 0 Å².